The van der Waals surface area contributed by atoms with Crippen LogP contribution in [0.1, 0.15) is 31.9 Å². The average Bonchev–Trinajstić information content (AvgIpc) is 2.28. The molecule has 0 radical (unpaired) electrons. The number of benzene rings is 1. The number of rotatable bonds is 5. The summed E-state index contributed by atoms with van der Waals surface area (Å²) in [6, 6.07) is 4.35. The lowest BCUT2D eigenvalue weighted by Gasteiger charge is -2.24. The zero-order valence-corrected chi connectivity index (χ0v) is 13.4. The number of likely N-dealkylation sites (N-methyl/N-ethyl adjacent to an activating group) is 1. The Bertz CT molecular complexity index is 419. The molecular weight excluding hydrogens is 236 g/mol. The Labute approximate surface area is 118 Å². The third-order valence-corrected chi connectivity index (χ3v) is 3.23. The molecule has 0 aliphatic heterocycles. The number of anilines is 1. The number of hydrogen-bond acceptors (Lipinski definition) is 3. The van der Waals surface area contributed by atoms with Crippen molar-refractivity contribution in [3.8, 4) is 5.75 Å². The van der Waals surface area contributed by atoms with Crippen LogP contribution in [0.4, 0.5) is 5.69 Å². The van der Waals surface area contributed by atoms with E-state index in [1.807, 2.05) is 0 Å². The SMILES string of the molecule is COc1cc(C)c(NCCN(C)C)cc1C(C)(C)C. The molecule has 1 aromatic rings. The minimum atomic E-state index is 0.0804. The van der Waals surface area contributed by atoms with Gasteiger partial charge < -0.3 is 15.0 Å². The molecule has 3 heteroatoms. The summed E-state index contributed by atoms with van der Waals surface area (Å²) in [6.07, 6.45) is 0. The highest BCUT2D eigenvalue weighted by molar-refractivity contribution is 5.58. The van der Waals surface area contributed by atoms with Gasteiger partial charge in [-0.2, -0.15) is 0 Å². The van der Waals surface area contributed by atoms with E-state index >= 15 is 0 Å². The van der Waals surface area contributed by atoms with Crippen molar-refractivity contribution in [2.45, 2.75) is 33.1 Å². The van der Waals surface area contributed by atoms with Gasteiger partial charge >= 0.3 is 0 Å². The number of nitrogens with one attached hydrogen (secondary N) is 1. The highest BCUT2D eigenvalue weighted by Crippen LogP contribution is 2.35. The molecule has 0 heterocycles. The standard InChI is InChI=1S/C16H28N2O/c1-12-10-15(19-7)13(16(2,3)4)11-14(12)17-8-9-18(5)6/h10-11,17H,8-9H2,1-7H3. The number of methoxy groups -OCH3 is 1. The first kappa shape index (κ1) is 15.8. The molecule has 1 aromatic carbocycles. The molecule has 0 fully saturated rings. The summed E-state index contributed by atoms with van der Waals surface area (Å²) in [5, 5.41) is 3.51. The van der Waals surface area contributed by atoms with E-state index in [4.69, 9.17) is 4.74 Å². The van der Waals surface area contributed by atoms with Crippen LogP contribution in [-0.4, -0.2) is 39.2 Å². The number of nitrogens with zero attached hydrogens (tertiary/aromatic N) is 1. The first-order chi connectivity index (χ1) is 8.75. The van der Waals surface area contributed by atoms with Crippen LogP contribution in [0.5, 0.6) is 5.75 Å². The molecule has 0 amide bonds. The van der Waals surface area contributed by atoms with Gasteiger partial charge in [-0.25, -0.2) is 0 Å². The van der Waals surface area contributed by atoms with Gasteiger partial charge in [-0.15, -0.1) is 0 Å². The van der Waals surface area contributed by atoms with E-state index in [1.54, 1.807) is 7.11 Å². The maximum atomic E-state index is 5.51. The Kier molecular flexibility index (Phi) is 5.24. The van der Waals surface area contributed by atoms with Gasteiger partial charge in [-0.05, 0) is 44.1 Å². The summed E-state index contributed by atoms with van der Waals surface area (Å²) in [5.74, 6) is 0.975. The monoisotopic (exact) mass is 264 g/mol. The molecule has 1 N–H and O–H groups in total. The van der Waals surface area contributed by atoms with Gasteiger partial charge in [0, 0.05) is 24.3 Å². The molecule has 0 unspecified atom stereocenters. The van der Waals surface area contributed by atoms with Crippen LogP contribution in [-0.2, 0) is 5.41 Å². The van der Waals surface area contributed by atoms with E-state index in [-0.39, 0.29) is 5.41 Å². The van der Waals surface area contributed by atoms with Crippen molar-refractivity contribution < 1.29 is 4.74 Å². The lowest BCUT2D eigenvalue weighted by atomic mass is 9.85. The lowest BCUT2D eigenvalue weighted by Crippen LogP contribution is -2.21. The van der Waals surface area contributed by atoms with Crippen LogP contribution < -0.4 is 10.1 Å². The van der Waals surface area contributed by atoms with Gasteiger partial charge in [-0.1, -0.05) is 20.8 Å². The van der Waals surface area contributed by atoms with Crippen LogP contribution in [0.25, 0.3) is 0 Å². The van der Waals surface area contributed by atoms with E-state index in [2.05, 4.69) is 64.1 Å². The second kappa shape index (κ2) is 6.29. The topological polar surface area (TPSA) is 24.5 Å². The molecule has 0 atom stereocenters. The highest BCUT2D eigenvalue weighted by atomic mass is 16.5. The predicted octanol–water partition coefficient (Wildman–Crippen LogP) is 3.27. The normalized spacial score (nSPS) is 11.8. The molecule has 0 saturated carbocycles. The summed E-state index contributed by atoms with van der Waals surface area (Å²) in [5.41, 5.74) is 3.75. The summed E-state index contributed by atoms with van der Waals surface area (Å²) >= 11 is 0. The minimum Gasteiger partial charge on any atom is -0.496 e. The fourth-order valence-corrected chi connectivity index (χ4v) is 2.04. The molecule has 0 aliphatic rings. The van der Waals surface area contributed by atoms with Crippen LogP contribution in [0.3, 0.4) is 0 Å². The predicted molar refractivity (Wildman–Crippen MR) is 83.5 cm³/mol. The van der Waals surface area contributed by atoms with E-state index < -0.39 is 0 Å². The first-order valence-corrected chi connectivity index (χ1v) is 6.83. The smallest absolute Gasteiger partial charge is 0.122 e. The van der Waals surface area contributed by atoms with Gasteiger partial charge in [0.1, 0.15) is 5.75 Å². The quantitative estimate of drug-likeness (QED) is 0.883. The maximum Gasteiger partial charge on any atom is 0.122 e. The molecule has 0 bridgehead atoms. The second-order valence-electron chi connectivity index (χ2n) is 6.35. The Balaban J connectivity index is 2.99. The molecule has 3 nitrogen and oxygen atoms in total. The van der Waals surface area contributed by atoms with E-state index in [0.29, 0.717) is 0 Å². The summed E-state index contributed by atoms with van der Waals surface area (Å²) < 4.78 is 5.51. The van der Waals surface area contributed by atoms with E-state index in [0.717, 1.165) is 18.8 Å². The summed E-state index contributed by atoms with van der Waals surface area (Å²) in [6.45, 7) is 10.7. The molecule has 19 heavy (non-hydrogen) atoms. The maximum absolute atomic E-state index is 5.51. The average molecular weight is 264 g/mol. The second-order valence-corrected chi connectivity index (χ2v) is 6.35. The van der Waals surface area contributed by atoms with Crippen molar-refractivity contribution in [1.29, 1.82) is 0 Å². The summed E-state index contributed by atoms with van der Waals surface area (Å²) in [4.78, 5) is 2.18. The zero-order chi connectivity index (χ0) is 14.6. The van der Waals surface area contributed by atoms with Crippen LogP contribution >= 0.6 is 0 Å². The third kappa shape index (κ3) is 4.43. The van der Waals surface area contributed by atoms with Gasteiger partial charge in [-0.3, -0.25) is 0 Å². The molecule has 0 aromatic heterocycles. The minimum absolute atomic E-state index is 0.0804. The van der Waals surface area contributed by atoms with Crippen molar-refractivity contribution in [2.24, 2.45) is 0 Å². The Morgan fingerprint density at radius 1 is 1.21 bits per heavy atom. The largest absolute Gasteiger partial charge is 0.496 e. The highest BCUT2D eigenvalue weighted by Gasteiger charge is 2.20. The Hall–Kier alpha value is -1.22. The van der Waals surface area contributed by atoms with Crippen LogP contribution in [0.2, 0.25) is 0 Å². The van der Waals surface area contributed by atoms with Crippen molar-refractivity contribution in [2.75, 3.05) is 39.6 Å². The number of aryl methyl sites for hydroxylation is 1. The van der Waals surface area contributed by atoms with Crippen molar-refractivity contribution >= 4 is 5.69 Å². The Morgan fingerprint density at radius 3 is 2.32 bits per heavy atom. The molecular formula is C16H28N2O. The number of ether oxygens (including phenoxy) is 1. The molecule has 0 aliphatic carbocycles. The van der Waals surface area contributed by atoms with Gasteiger partial charge in [0.05, 0.1) is 7.11 Å². The van der Waals surface area contributed by atoms with Crippen LogP contribution in [0, 0.1) is 6.92 Å². The number of hydrogen-bond donors (Lipinski definition) is 1. The third-order valence-electron chi connectivity index (χ3n) is 3.23. The van der Waals surface area contributed by atoms with Crippen LogP contribution in [0.15, 0.2) is 12.1 Å². The molecule has 108 valence electrons. The fourth-order valence-electron chi connectivity index (χ4n) is 2.04. The fraction of sp³-hybridized carbons (Fsp3) is 0.625. The molecule has 1 rings (SSSR count). The lowest BCUT2D eigenvalue weighted by molar-refractivity contribution is 0.397. The van der Waals surface area contributed by atoms with E-state index in [1.165, 1.54) is 16.8 Å². The molecule has 0 saturated heterocycles. The zero-order valence-electron chi connectivity index (χ0n) is 13.4. The van der Waals surface area contributed by atoms with E-state index in [9.17, 15) is 0 Å². The van der Waals surface area contributed by atoms with Gasteiger partial charge in [0.2, 0.25) is 0 Å². The van der Waals surface area contributed by atoms with Crippen molar-refractivity contribution in [1.82, 2.24) is 4.90 Å². The molecule has 0 spiro atoms. The Morgan fingerprint density at radius 2 is 1.84 bits per heavy atom. The van der Waals surface area contributed by atoms with Gasteiger partial charge in [0.15, 0.2) is 0 Å². The summed E-state index contributed by atoms with van der Waals surface area (Å²) in [7, 11) is 5.91. The van der Waals surface area contributed by atoms with Gasteiger partial charge in [0.25, 0.3) is 0 Å². The van der Waals surface area contributed by atoms with Crippen molar-refractivity contribution in [3.05, 3.63) is 23.3 Å². The first-order valence-electron chi connectivity index (χ1n) is 6.83. The van der Waals surface area contributed by atoms with Crippen molar-refractivity contribution in [3.63, 3.8) is 0 Å².